The van der Waals surface area contributed by atoms with Crippen LogP contribution in [-0.4, -0.2) is 17.5 Å². The summed E-state index contributed by atoms with van der Waals surface area (Å²) in [7, 11) is 0. The van der Waals surface area contributed by atoms with Gasteiger partial charge in [-0.2, -0.15) is 8.78 Å². The smallest absolute Gasteiger partial charge is 0.387 e. The van der Waals surface area contributed by atoms with Crippen molar-refractivity contribution in [3.8, 4) is 11.4 Å². The van der Waals surface area contributed by atoms with Crippen LogP contribution in [0.2, 0.25) is 0 Å². The fourth-order valence-electron chi connectivity index (χ4n) is 2.12. The molecule has 0 amide bonds. The van der Waals surface area contributed by atoms with Gasteiger partial charge in [0.05, 0.1) is 5.69 Å². The average molecular weight is 265 g/mol. The van der Waals surface area contributed by atoms with E-state index in [-0.39, 0.29) is 5.75 Å². The molecule has 0 N–H and O–H groups in total. The van der Waals surface area contributed by atoms with Crippen molar-refractivity contribution in [3.63, 3.8) is 0 Å². The SMILES string of the molecule is Cc1cc(C=O)c(C)n1-c1ccccc1OC(F)F. The Morgan fingerprint density at radius 3 is 2.53 bits per heavy atom. The van der Waals surface area contributed by atoms with Crippen molar-refractivity contribution in [2.75, 3.05) is 0 Å². The first-order valence-electron chi connectivity index (χ1n) is 5.73. The molecule has 0 aliphatic rings. The molecule has 0 aliphatic heterocycles. The minimum absolute atomic E-state index is 0.0803. The normalized spacial score (nSPS) is 10.8. The van der Waals surface area contributed by atoms with Crippen LogP contribution >= 0.6 is 0 Å². The molecule has 2 aromatic rings. The van der Waals surface area contributed by atoms with Gasteiger partial charge in [0.25, 0.3) is 0 Å². The molecule has 0 aliphatic carbocycles. The number of hydrogen-bond donors (Lipinski definition) is 0. The number of ether oxygens (including phenoxy) is 1. The minimum atomic E-state index is -2.89. The zero-order valence-corrected chi connectivity index (χ0v) is 10.6. The maximum Gasteiger partial charge on any atom is 0.387 e. The summed E-state index contributed by atoms with van der Waals surface area (Å²) >= 11 is 0. The van der Waals surface area contributed by atoms with E-state index < -0.39 is 6.61 Å². The Hall–Kier alpha value is -2.17. The quantitative estimate of drug-likeness (QED) is 0.792. The van der Waals surface area contributed by atoms with E-state index in [4.69, 9.17) is 0 Å². The number of nitrogens with zero attached hydrogens (tertiary/aromatic N) is 1. The van der Waals surface area contributed by atoms with Crippen molar-refractivity contribution in [2.45, 2.75) is 20.5 Å². The molecule has 1 heterocycles. The van der Waals surface area contributed by atoms with Crippen LogP contribution in [-0.2, 0) is 0 Å². The number of para-hydroxylation sites is 2. The van der Waals surface area contributed by atoms with Gasteiger partial charge in [-0.1, -0.05) is 12.1 Å². The number of carbonyl (C=O) groups is 1. The molecule has 0 saturated heterocycles. The maximum atomic E-state index is 12.4. The minimum Gasteiger partial charge on any atom is -0.433 e. The molecule has 0 atom stereocenters. The zero-order chi connectivity index (χ0) is 14.0. The van der Waals surface area contributed by atoms with Crippen LogP contribution in [0.3, 0.4) is 0 Å². The van der Waals surface area contributed by atoms with Crippen molar-refractivity contribution < 1.29 is 18.3 Å². The predicted molar refractivity (Wildman–Crippen MR) is 67.3 cm³/mol. The second kappa shape index (κ2) is 5.22. The van der Waals surface area contributed by atoms with Gasteiger partial charge < -0.3 is 9.30 Å². The van der Waals surface area contributed by atoms with Gasteiger partial charge in [-0.3, -0.25) is 4.79 Å². The van der Waals surface area contributed by atoms with Crippen LogP contribution in [0, 0.1) is 13.8 Å². The largest absolute Gasteiger partial charge is 0.433 e. The molecular weight excluding hydrogens is 252 g/mol. The number of carbonyl (C=O) groups excluding carboxylic acids is 1. The summed E-state index contributed by atoms with van der Waals surface area (Å²) in [4.78, 5) is 10.9. The van der Waals surface area contributed by atoms with Gasteiger partial charge in [0, 0.05) is 17.0 Å². The molecular formula is C14H13F2NO2. The maximum absolute atomic E-state index is 12.4. The molecule has 1 aromatic heterocycles. The molecule has 0 bridgehead atoms. The lowest BCUT2D eigenvalue weighted by molar-refractivity contribution is -0.0498. The third kappa shape index (κ3) is 2.50. The first-order chi connectivity index (χ1) is 9.04. The van der Waals surface area contributed by atoms with Gasteiger partial charge in [-0.15, -0.1) is 0 Å². The Bertz CT molecular complexity index is 605. The fourth-order valence-corrected chi connectivity index (χ4v) is 2.12. The van der Waals surface area contributed by atoms with E-state index in [0.29, 0.717) is 16.9 Å². The van der Waals surface area contributed by atoms with E-state index in [9.17, 15) is 13.6 Å². The Morgan fingerprint density at radius 1 is 1.26 bits per heavy atom. The van der Waals surface area contributed by atoms with E-state index in [0.717, 1.165) is 12.0 Å². The number of hydrogen-bond acceptors (Lipinski definition) is 2. The van der Waals surface area contributed by atoms with Gasteiger partial charge in [-0.25, -0.2) is 0 Å². The lowest BCUT2D eigenvalue weighted by Crippen LogP contribution is -2.07. The number of aromatic nitrogens is 1. The van der Waals surface area contributed by atoms with Gasteiger partial charge in [-0.05, 0) is 32.0 Å². The van der Waals surface area contributed by atoms with Crippen molar-refractivity contribution in [3.05, 3.63) is 47.3 Å². The molecule has 1 aromatic carbocycles. The van der Waals surface area contributed by atoms with E-state index in [1.54, 1.807) is 42.7 Å². The number of aldehydes is 1. The molecule has 0 radical (unpaired) electrons. The highest BCUT2D eigenvalue weighted by Gasteiger charge is 2.15. The predicted octanol–water partition coefficient (Wildman–Crippen LogP) is 3.51. The molecule has 3 nitrogen and oxygen atoms in total. The molecule has 100 valence electrons. The van der Waals surface area contributed by atoms with Crippen molar-refractivity contribution in [1.82, 2.24) is 4.57 Å². The molecule has 5 heteroatoms. The Kier molecular flexibility index (Phi) is 3.64. The molecule has 0 spiro atoms. The second-order valence-corrected chi connectivity index (χ2v) is 4.13. The highest BCUT2D eigenvalue weighted by molar-refractivity contribution is 5.78. The van der Waals surface area contributed by atoms with Crippen molar-refractivity contribution in [2.24, 2.45) is 0 Å². The van der Waals surface area contributed by atoms with E-state index in [1.807, 2.05) is 0 Å². The van der Waals surface area contributed by atoms with Crippen molar-refractivity contribution >= 4 is 6.29 Å². The molecule has 0 saturated carbocycles. The monoisotopic (exact) mass is 265 g/mol. The lowest BCUT2D eigenvalue weighted by atomic mass is 10.2. The Labute approximate surface area is 109 Å². The van der Waals surface area contributed by atoms with E-state index in [1.165, 1.54) is 6.07 Å². The van der Waals surface area contributed by atoms with Crippen LogP contribution < -0.4 is 4.74 Å². The molecule has 19 heavy (non-hydrogen) atoms. The number of halogens is 2. The number of rotatable bonds is 4. The van der Waals surface area contributed by atoms with Gasteiger partial charge in [0.1, 0.15) is 5.75 Å². The highest BCUT2D eigenvalue weighted by atomic mass is 19.3. The summed E-state index contributed by atoms with van der Waals surface area (Å²) in [5, 5.41) is 0. The van der Waals surface area contributed by atoms with Gasteiger partial charge >= 0.3 is 6.61 Å². The standard InChI is InChI=1S/C14H13F2NO2/c1-9-7-11(8-18)10(2)17(9)12-5-3-4-6-13(12)19-14(15)16/h3-8,14H,1-2H3. The summed E-state index contributed by atoms with van der Waals surface area (Å²) in [6.45, 7) is 0.678. The second-order valence-electron chi connectivity index (χ2n) is 4.13. The number of alkyl halides is 2. The summed E-state index contributed by atoms with van der Waals surface area (Å²) in [5.41, 5.74) is 2.50. The Morgan fingerprint density at radius 2 is 1.95 bits per heavy atom. The van der Waals surface area contributed by atoms with Crippen LogP contribution in [0.15, 0.2) is 30.3 Å². The van der Waals surface area contributed by atoms with Crippen molar-refractivity contribution in [1.29, 1.82) is 0 Å². The zero-order valence-electron chi connectivity index (χ0n) is 10.6. The topological polar surface area (TPSA) is 31.2 Å². The summed E-state index contributed by atoms with van der Waals surface area (Å²) < 4.78 is 31.0. The molecule has 2 rings (SSSR count). The number of aryl methyl sites for hydroxylation is 1. The highest BCUT2D eigenvalue weighted by Crippen LogP contribution is 2.28. The van der Waals surface area contributed by atoms with Crippen LogP contribution in [0.25, 0.3) is 5.69 Å². The summed E-state index contributed by atoms with van der Waals surface area (Å²) in [5.74, 6) is 0.0803. The number of benzene rings is 1. The third-order valence-corrected chi connectivity index (χ3v) is 2.92. The summed E-state index contributed by atoms with van der Waals surface area (Å²) in [6.07, 6.45) is 0.745. The lowest BCUT2D eigenvalue weighted by Gasteiger charge is -2.14. The Balaban J connectivity index is 2.59. The first-order valence-corrected chi connectivity index (χ1v) is 5.73. The summed E-state index contributed by atoms with van der Waals surface area (Å²) in [6, 6.07) is 8.21. The molecule has 0 unspecified atom stereocenters. The van der Waals surface area contributed by atoms with Gasteiger partial charge in [0.2, 0.25) is 0 Å². The van der Waals surface area contributed by atoms with Crippen LogP contribution in [0.5, 0.6) is 5.75 Å². The van der Waals surface area contributed by atoms with E-state index in [2.05, 4.69) is 4.74 Å². The average Bonchev–Trinajstić information content (AvgIpc) is 2.65. The van der Waals surface area contributed by atoms with Crippen LogP contribution in [0.4, 0.5) is 8.78 Å². The third-order valence-electron chi connectivity index (χ3n) is 2.92. The van der Waals surface area contributed by atoms with E-state index >= 15 is 0 Å². The van der Waals surface area contributed by atoms with Gasteiger partial charge in [0.15, 0.2) is 6.29 Å². The first kappa shape index (κ1) is 13.3. The van der Waals surface area contributed by atoms with Crippen LogP contribution in [0.1, 0.15) is 21.7 Å². The fraction of sp³-hybridized carbons (Fsp3) is 0.214. The molecule has 0 fully saturated rings.